The number of halogens is 2. The van der Waals surface area contributed by atoms with Gasteiger partial charge in [0.15, 0.2) is 11.6 Å². The van der Waals surface area contributed by atoms with E-state index in [1.165, 1.54) is 6.07 Å². The second kappa shape index (κ2) is 12.1. The van der Waals surface area contributed by atoms with Gasteiger partial charge in [-0.05, 0) is 38.9 Å². The Labute approximate surface area is 199 Å². The van der Waals surface area contributed by atoms with E-state index >= 15 is 0 Å². The van der Waals surface area contributed by atoms with Gasteiger partial charge in [-0.2, -0.15) is 5.10 Å². The summed E-state index contributed by atoms with van der Waals surface area (Å²) >= 11 is 0. The van der Waals surface area contributed by atoms with Crippen LogP contribution in [0.1, 0.15) is 32.8 Å². The Morgan fingerprint density at radius 2 is 1.85 bits per heavy atom. The molecule has 0 saturated heterocycles. The van der Waals surface area contributed by atoms with E-state index in [-0.39, 0.29) is 18.5 Å². The lowest BCUT2D eigenvalue weighted by Crippen LogP contribution is -2.35. The molecule has 0 fully saturated rings. The highest BCUT2D eigenvalue weighted by molar-refractivity contribution is 5.65. The predicted molar refractivity (Wildman–Crippen MR) is 128 cm³/mol. The molecule has 34 heavy (non-hydrogen) atoms. The quantitative estimate of drug-likeness (QED) is 0.394. The molecule has 0 aliphatic rings. The molecule has 2 aromatic carbocycles. The average Bonchev–Trinajstić information content (AvgIpc) is 3.10. The summed E-state index contributed by atoms with van der Waals surface area (Å²) in [7, 11) is 1.72. The van der Waals surface area contributed by atoms with Gasteiger partial charge in [0.05, 0.1) is 24.4 Å². The smallest absolute Gasteiger partial charge is 0.222 e. The van der Waals surface area contributed by atoms with E-state index in [4.69, 9.17) is 9.47 Å². The SMILES string of the molecule is CCCN(Cc1c(-c2ccccc2)nn(C)c1Oc1ccc(F)cc1F)C[C@H](O)COC(C)C. The third-order valence-corrected chi connectivity index (χ3v) is 5.25. The standard InChI is InChI=1S/C26H33F2N3O3/c1-5-13-31(15-21(32)17-33-18(2)3)16-22-25(19-9-7-6-8-10-19)29-30(4)26(22)34-24-12-11-20(27)14-23(24)28/h6-12,14,18,21,32H,5,13,15-17H2,1-4H3/t21-/m0/s1. The first kappa shape index (κ1) is 25.8. The van der Waals surface area contributed by atoms with Crippen LogP contribution in [0.4, 0.5) is 8.78 Å². The number of aliphatic hydroxyl groups is 1. The summed E-state index contributed by atoms with van der Waals surface area (Å²) in [5, 5.41) is 15.2. The van der Waals surface area contributed by atoms with E-state index in [2.05, 4.69) is 16.9 Å². The zero-order valence-electron chi connectivity index (χ0n) is 20.2. The Morgan fingerprint density at radius 1 is 1.12 bits per heavy atom. The molecule has 0 spiro atoms. The van der Waals surface area contributed by atoms with Gasteiger partial charge >= 0.3 is 0 Å². The van der Waals surface area contributed by atoms with Crippen molar-refractivity contribution < 1.29 is 23.4 Å². The molecule has 0 saturated carbocycles. The van der Waals surface area contributed by atoms with Gasteiger partial charge in [-0.3, -0.25) is 4.90 Å². The summed E-state index contributed by atoms with van der Waals surface area (Å²) in [4.78, 5) is 2.10. The number of ether oxygens (including phenoxy) is 2. The highest BCUT2D eigenvalue weighted by atomic mass is 19.1. The molecule has 1 aromatic heterocycles. The molecular weight excluding hydrogens is 440 g/mol. The fourth-order valence-electron chi connectivity index (χ4n) is 3.74. The molecule has 0 bridgehead atoms. The number of hydrogen-bond donors (Lipinski definition) is 1. The van der Waals surface area contributed by atoms with Gasteiger partial charge in [-0.15, -0.1) is 0 Å². The Morgan fingerprint density at radius 3 is 2.50 bits per heavy atom. The van der Waals surface area contributed by atoms with Crippen molar-refractivity contribution in [1.29, 1.82) is 0 Å². The molecule has 1 N–H and O–H groups in total. The van der Waals surface area contributed by atoms with Crippen LogP contribution in [0.25, 0.3) is 11.3 Å². The third-order valence-electron chi connectivity index (χ3n) is 5.25. The Hall–Kier alpha value is -2.81. The molecular formula is C26H33F2N3O3. The van der Waals surface area contributed by atoms with E-state index in [0.717, 1.165) is 36.2 Å². The fraction of sp³-hybridized carbons (Fsp3) is 0.423. The summed E-state index contributed by atoms with van der Waals surface area (Å²) in [5.74, 6) is -1.19. The van der Waals surface area contributed by atoms with Crippen LogP contribution in [0.5, 0.6) is 11.6 Å². The van der Waals surface area contributed by atoms with Crippen molar-refractivity contribution in [3.63, 3.8) is 0 Å². The first-order valence-corrected chi connectivity index (χ1v) is 11.5. The van der Waals surface area contributed by atoms with Gasteiger partial charge in [0.2, 0.25) is 5.88 Å². The molecule has 1 heterocycles. The number of aryl methyl sites for hydroxylation is 1. The molecule has 6 nitrogen and oxygen atoms in total. The van der Waals surface area contributed by atoms with E-state index in [1.807, 2.05) is 44.2 Å². The maximum Gasteiger partial charge on any atom is 0.222 e. The number of hydrogen-bond acceptors (Lipinski definition) is 5. The van der Waals surface area contributed by atoms with Crippen molar-refractivity contribution in [3.05, 3.63) is 65.7 Å². The van der Waals surface area contributed by atoms with Crippen LogP contribution < -0.4 is 4.74 Å². The predicted octanol–water partition coefficient (Wildman–Crippen LogP) is 5.16. The van der Waals surface area contributed by atoms with E-state index in [0.29, 0.717) is 24.7 Å². The van der Waals surface area contributed by atoms with Crippen LogP contribution in [-0.2, 0) is 18.3 Å². The summed E-state index contributed by atoms with van der Waals surface area (Å²) in [6.45, 7) is 7.70. The van der Waals surface area contributed by atoms with Gasteiger partial charge in [-0.1, -0.05) is 37.3 Å². The molecule has 0 unspecified atom stereocenters. The zero-order valence-corrected chi connectivity index (χ0v) is 20.2. The Balaban J connectivity index is 1.96. The Kier molecular flexibility index (Phi) is 9.15. The van der Waals surface area contributed by atoms with Crippen molar-refractivity contribution in [3.8, 4) is 22.9 Å². The number of aromatic nitrogens is 2. The average molecular weight is 474 g/mol. The molecule has 8 heteroatoms. The maximum atomic E-state index is 14.4. The van der Waals surface area contributed by atoms with Gasteiger partial charge in [-0.25, -0.2) is 13.5 Å². The summed E-state index contributed by atoms with van der Waals surface area (Å²) in [5.41, 5.74) is 2.35. The summed E-state index contributed by atoms with van der Waals surface area (Å²) in [6, 6.07) is 12.9. The summed E-state index contributed by atoms with van der Waals surface area (Å²) < 4.78 is 40.8. The van der Waals surface area contributed by atoms with Crippen LogP contribution in [-0.4, -0.2) is 51.7 Å². The van der Waals surface area contributed by atoms with Crippen molar-refractivity contribution in [2.75, 3.05) is 19.7 Å². The second-order valence-corrected chi connectivity index (χ2v) is 8.57. The highest BCUT2D eigenvalue weighted by Crippen LogP contribution is 2.35. The highest BCUT2D eigenvalue weighted by Gasteiger charge is 2.24. The van der Waals surface area contributed by atoms with Gasteiger partial charge in [0.25, 0.3) is 0 Å². The van der Waals surface area contributed by atoms with Gasteiger partial charge in [0, 0.05) is 31.8 Å². The molecule has 3 rings (SSSR count). The van der Waals surface area contributed by atoms with Crippen LogP contribution in [0.15, 0.2) is 48.5 Å². The normalized spacial score (nSPS) is 12.5. The number of benzene rings is 2. The van der Waals surface area contributed by atoms with E-state index in [9.17, 15) is 13.9 Å². The van der Waals surface area contributed by atoms with Gasteiger partial charge < -0.3 is 14.6 Å². The molecule has 184 valence electrons. The minimum atomic E-state index is -0.792. The zero-order chi connectivity index (χ0) is 24.7. The lowest BCUT2D eigenvalue weighted by atomic mass is 10.1. The van der Waals surface area contributed by atoms with E-state index in [1.54, 1.807) is 11.7 Å². The minimum Gasteiger partial charge on any atom is -0.436 e. The van der Waals surface area contributed by atoms with E-state index < -0.39 is 17.7 Å². The van der Waals surface area contributed by atoms with Crippen LogP contribution in [0.3, 0.4) is 0 Å². The topological polar surface area (TPSA) is 59.8 Å². The van der Waals surface area contributed by atoms with Crippen LogP contribution in [0.2, 0.25) is 0 Å². The first-order chi connectivity index (χ1) is 16.3. The largest absolute Gasteiger partial charge is 0.436 e. The van der Waals surface area contributed by atoms with Crippen molar-refractivity contribution >= 4 is 0 Å². The molecule has 0 aliphatic carbocycles. The van der Waals surface area contributed by atoms with Gasteiger partial charge in [0.1, 0.15) is 11.5 Å². The minimum absolute atomic E-state index is 0.0305. The number of aliphatic hydroxyl groups excluding tert-OH is 1. The number of nitrogens with zero attached hydrogens (tertiary/aromatic N) is 3. The third kappa shape index (κ3) is 6.85. The van der Waals surface area contributed by atoms with Crippen LogP contribution in [0, 0.1) is 11.6 Å². The maximum absolute atomic E-state index is 14.4. The molecule has 0 amide bonds. The van der Waals surface area contributed by atoms with Crippen molar-refractivity contribution in [2.45, 2.75) is 45.9 Å². The first-order valence-electron chi connectivity index (χ1n) is 11.5. The molecule has 0 radical (unpaired) electrons. The molecule has 0 aliphatic heterocycles. The lowest BCUT2D eigenvalue weighted by Gasteiger charge is -2.25. The lowest BCUT2D eigenvalue weighted by molar-refractivity contribution is -0.00954. The fourth-order valence-corrected chi connectivity index (χ4v) is 3.74. The second-order valence-electron chi connectivity index (χ2n) is 8.57. The number of rotatable bonds is 12. The summed E-state index contributed by atoms with van der Waals surface area (Å²) in [6.07, 6.45) is 0.245. The molecule has 1 atom stereocenters. The van der Waals surface area contributed by atoms with Crippen LogP contribution >= 0.6 is 0 Å². The van der Waals surface area contributed by atoms with Crippen molar-refractivity contribution in [2.24, 2.45) is 7.05 Å². The Bertz CT molecular complexity index is 1060. The molecule has 3 aromatic rings. The monoisotopic (exact) mass is 473 g/mol. The van der Waals surface area contributed by atoms with Crippen molar-refractivity contribution in [1.82, 2.24) is 14.7 Å².